The highest BCUT2D eigenvalue weighted by atomic mass is 16.9. The van der Waals surface area contributed by atoms with Crippen LogP contribution >= 0.6 is 0 Å². The lowest BCUT2D eigenvalue weighted by atomic mass is 9.83. The quantitative estimate of drug-likeness (QED) is 0.263. The SMILES string of the molecule is C=C(C)C(=O)OC[C@H]1O[C@@H]2OC3(CCCCC3C(=O)OCC)O[C@H]2[C@H]2OC3(CCCCC3C(=O)OCC)O[C@@H]21. The third-order valence-corrected chi connectivity index (χ3v) is 8.38. The molecule has 3 saturated heterocycles. The van der Waals surface area contributed by atoms with E-state index in [-0.39, 0.29) is 37.3 Å². The maximum Gasteiger partial charge on any atom is 0.333 e. The first-order valence-corrected chi connectivity index (χ1v) is 14.3. The van der Waals surface area contributed by atoms with Crippen molar-refractivity contribution in [1.29, 1.82) is 0 Å². The number of hydrogen-bond donors (Lipinski definition) is 0. The lowest BCUT2D eigenvalue weighted by molar-refractivity contribution is -0.273. The molecule has 3 heterocycles. The van der Waals surface area contributed by atoms with Gasteiger partial charge in [0, 0.05) is 18.4 Å². The van der Waals surface area contributed by atoms with Gasteiger partial charge in [-0.2, -0.15) is 0 Å². The van der Waals surface area contributed by atoms with Crippen molar-refractivity contribution in [2.75, 3.05) is 19.8 Å². The number of hydrogen-bond acceptors (Lipinski definition) is 11. The summed E-state index contributed by atoms with van der Waals surface area (Å²) in [6.07, 6.45) is 1.69. The Balaban J connectivity index is 1.44. The van der Waals surface area contributed by atoms with Crippen LogP contribution < -0.4 is 0 Å². The molecular weight excluding hydrogens is 512 g/mol. The summed E-state index contributed by atoms with van der Waals surface area (Å²) in [5.41, 5.74) is 0.258. The average Bonchev–Trinajstić information content (AvgIpc) is 3.46. The second kappa shape index (κ2) is 11.4. The van der Waals surface area contributed by atoms with E-state index in [0.29, 0.717) is 25.7 Å². The minimum absolute atomic E-state index is 0.128. The van der Waals surface area contributed by atoms with Gasteiger partial charge >= 0.3 is 17.9 Å². The average molecular weight is 553 g/mol. The molecule has 0 N–H and O–H groups in total. The van der Waals surface area contributed by atoms with Gasteiger partial charge in [-0.3, -0.25) is 9.59 Å². The summed E-state index contributed by atoms with van der Waals surface area (Å²) < 4.78 is 48.8. The Hall–Kier alpha value is -2.05. The van der Waals surface area contributed by atoms with E-state index in [0.717, 1.165) is 25.7 Å². The smallest absolute Gasteiger partial charge is 0.333 e. The van der Waals surface area contributed by atoms with Crippen LogP contribution in [0.2, 0.25) is 0 Å². The highest BCUT2D eigenvalue weighted by molar-refractivity contribution is 5.86. The predicted molar refractivity (Wildman–Crippen MR) is 133 cm³/mol. The number of carbonyl (C=O) groups is 3. The zero-order chi connectivity index (χ0) is 27.8. The van der Waals surface area contributed by atoms with E-state index in [9.17, 15) is 14.4 Å². The molecule has 4 unspecified atom stereocenters. The van der Waals surface area contributed by atoms with E-state index < -0.39 is 60.1 Å². The van der Waals surface area contributed by atoms with Crippen LogP contribution in [0.1, 0.15) is 72.1 Å². The van der Waals surface area contributed by atoms with Gasteiger partial charge in [0.05, 0.1) is 13.2 Å². The highest BCUT2D eigenvalue weighted by Crippen LogP contribution is 2.53. The molecule has 0 radical (unpaired) electrons. The van der Waals surface area contributed by atoms with Crippen LogP contribution in [0.25, 0.3) is 0 Å². The molecule has 3 aliphatic heterocycles. The first-order chi connectivity index (χ1) is 18.7. The van der Waals surface area contributed by atoms with Gasteiger partial charge < -0.3 is 37.9 Å². The van der Waals surface area contributed by atoms with Crippen molar-refractivity contribution < 1.29 is 52.3 Å². The summed E-state index contributed by atoms with van der Waals surface area (Å²) in [4.78, 5) is 38.1. The molecule has 0 aromatic heterocycles. The Morgan fingerprint density at radius 2 is 1.31 bits per heavy atom. The molecule has 5 fully saturated rings. The van der Waals surface area contributed by atoms with E-state index >= 15 is 0 Å². The number of esters is 3. The first kappa shape index (κ1) is 28.5. The summed E-state index contributed by atoms with van der Waals surface area (Å²) in [6.45, 7) is 9.11. The summed E-state index contributed by atoms with van der Waals surface area (Å²) in [7, 11) is 0. The molecular formula is C28H40O11. The largest absolute Gasteiger partial charge is 0.466 e. The van der Waals surface area contributed by atoms with Crippen molar-refractivity contribution in [2.24, 2.45) is 11.8 Å². The lowest BCUT2D eigenvalue weighted by Crippen LogP contribution is -2.56. The van der Waals surface area contributed by atoms with Crippen LogP contribution in [0.4, 0.5) is 0 Å². The van der Waals surface area contributed by atoms with Crippen LogP contribution in [0.5, 0.6) is 0 Å². The predicted octanol–water partition coefficient (Wildman–Crippen LogP) is 2.93. The molecule has 2 spiro atoms. The van der Waals surface area contributed by atoms with Crippen LogP contribution in [-0.4, -0.2) is 80.0 Å². The minimum atomic E-state index is -1.22. The molecule has 5 aliphatic rings. The standard InChI is InChI=1S/C28H40O11/c1-5-32-24(30)17-11-7-9-13-27(17)36-20-19(15-34-23(29)16(3)4)35-26-22(21(20)37-27)38-28(39-26)14-10-8-12-18(28)25(31)33-6-2/h17-22,26H,3,5-15H2,1-2,4H3/t17?,18?,19-,20-,21+,22+,26-,27?,28?/m1/s1. The van der Waals surface area contributed by atoms with Crippen molar-refractivity contribution >= 4 is 17.9 Å². The van der Waals surface area contributed by atoms with Crippen molar-refractivity contribution in [1.82, 2.24) is 0 Å². The van der Waals surface area contributed by atoms with Crippen LogP contribution in [0, 0.1) is 11.8 Å². The van der Waals surface area contributed by atoms with Crippen molar-refractivity contribution in [2.45, 2.75) is 114 Å². The Kier molecular flexibility index (Phi) is 8.36. The zero-order valence-electron chi connectivity index (χ0n) is 23.0. The van der Waals surface area contributed by atoms with Crippen molar-refractivity contribution in [3.05, 3.63) is 12.2 Å². The molecule has 2 saturated carbocycles. The van der Waals surface area contributed by atoms with Crippen LogP contribution in [0.3, 0.4) is 0 Å². The Bertz CT molecular complexity index is 967. The van der Waals surface area contributed by atoms with Gasteiger partial charge in [-0.1, -0.05) is 19.4 Å². The molecule has 0 amide bonds. The fraction of sp³-hybridized carbons (Fsp3) is 0.821. The number of carbonyl (C=O) groups excluding carboxylic acids is 3. The van der Waals surface area contributed by atoms with E-state index in [4.69, 9.17) is 37.9 Å². The Labute approximate surface area is 228 Å². The van der Waals surface area contributed by atoms with Crippen molar-refractivity contribution in [3.8, 4) is 0 Å². The fourth-order valence-corrected chi connectivity index (χ4v) is 6.61. The monoisotopic (exact) mass is 552 g/mol. The first-order valence-electron chi connectivity index (χ1n) is 14.3. The molecule has 0 bridgehead atoms. The Morgan fingerprint density at radius 1 is 0.769 bits per heavy atom. The number of ether oxygens (including phenoxy) is 8. The molecule has 0 aromatic carbocycles. The van der Waals surface area contributed by atoms with Gasteiger partial charge in [-0.05, 0) is 46.5 Å². The summed E-state index contributed by atoms with van der Waals surface area (Å²) >= 11 is 0. The minimum Gasteiger partial charge on any atom is -0.466 e. The zero-order valence-corrected chi connectivity index (χ0v) is 23.0. The second-order valence-corrected chi connectivity index (χ2v) is 11.0. The second-order valence-electron chi connectivity index (χ2n) is 11.0. The maximum absolute atomic E-state index is 13.0. The van der Waals surface area contributed by atoms with E-state index in [2.05, 4.69) is 6.58 Å². The third-order valence-electron chi connectivity index (χ3n) is 8.38. The summed E-state index contributed by atoms with van der Waals surface area (Å²) in [5, 5.41) is 0. The van der Waals surface area contributed by atoms with Gasteiger partial charge in [0.15, 0.2) is 17.9 Å². The molecule has 5 rings (SSSR count). The van der Waals surface area contributed by atoms with Crippen molar-refractivity contribution in [3.63, 3.8) is 0 Å². The van der Waals surface area contributed by atoms with Gasteiger partial charge in [-0.15, -0.1) is 0 Å². The lowest BCUT2D eigenvalue weighted by Gasteiger charge is -2.39. The summed E-state index contributed by atoms with van der Waals surface area (Å²) in [5.74, 6) is -4.96. The fourth-order valence-electron chi connectivity index (χ4n) is 6.61. The maximum atomic E-state index is 13.0. The van der Waals surface area contributed by atoms with Crippen LogP contribution in [-0.2, 0) is 52.3 Å². The topological polar surface area (TPSA) is 125 Å². The van der Waals surface area contributed by atoms with Gasteiger partial charge in [0.1, 0.15) is 42.9 Å². The highest BCUT2D eigenvalue weighted by Gasteiger charge is 2.68. The number of rotatable bonds is 7. The third kappa shape index (κ3) is 5.24. The number of fused-ring (bicyclic) bond motifs is 3. The van der Waals surface area contributed by atoms with Gasteiger partial charge in [-0.25, -0.2) is 4.79 Å². The van der Waals surface area contributed by atoms with E-state index in [1.807, 2.05) is 0 Å². The molecule has 11 heteroatoms. The van der Waals surface area contributed by atoms with E-state index in [1.165, 1.54) is 0 Å². The molecule has 2 aliphatic carbocycles. The molecule has 9 atom stereocenters. The summed E-state index contributed by atoms with van der Waals surface area (Å²) in [6, 6.07) is 0. The molecule has 218 valence electrons. The Morgan fingerprint density at radius 3 is 1.87 bits per heavy atom. The van der Waals surface area contributed by atoms with E-state index in [1.54, 1.807) is 20.8 Å². The molecule has 39 heavy (non-hydrogen) atoms. The normalized spacial score (nSPS) is 41.1. The molecule has 11 nitrogen and oxygen atoms in total. The van der Waals surface area contributed by atoms with Gasteiger partial charge in [0.25, 0.3) is 0 Å². The van der Waals surface area contributed by atoms with Gasteiger partial charge in [0.2, 0.25) is 0 Å². The molecule has 0 aromatic rings. The van der Waals surface area contributed by atoms with Crippen LogP contribution in [0.15, 0.2) is 12.2 Å².